The summed E-state index contributed by atoms with van der Waals surface area (Å²) in [6.45, 7) is 0. The minimum atomic E-state index is -0.332. The van der Waals surface area contributed by atoms with Gasteiger partial charge < -0.3 is 4.74 Å². The number of carbonyl (C=O) groups excluding carboxylic acids is 1. The van der Waals surface area contributed by atoms with Crippen LogP contribution >= 0.6 is 22.7 Å². The minimum Gasteiger partial charge on any atom is -0.465 e. The summed E-state index contributed by atoms with van der Waals surface area (Å²) in [7, 11) is 1.38. The number of benzene rings is 1. The van der Waals surface area contributed by atoms with Gasteiger partial charge in [-0.15, -0.1) is 22.7 Å². The third kappa shape index (κ3) is 2.50. The second-order valence-corrected chi connectivity index (χ2v) is 5.89. The fraction of sp³-hybridized carbons (Fsp3) is 0.0667. The Bertz CT molecular complexity index is 732. The van der Waals surface area contributed by atoms with Crippen molar-refractivity contribution in [2.24, 2.45) is 0 Å². The number of nitrogens with zero attached hydrogens (tertiary/aromatic N) is 1. The highest BCUT2D eigenvalue weighted by molar-refractivity contribution is 7.15. The summed E-state index contributed by atoms with van der Waals surface area (Å²) in [5, 5.41) is 4.97. The number of aromatic nitrogens is 1. The van der Waals surface area contributed by atoms with Crippen molar-refractivity contribution in [3.05, 3.63) is 52.7 Å². The van der Waals surface area contributed by atoms with E-state index in [0.29, 0.717) is 5.56 Å². The van der Waals surface area contributed by atoms with Gasteiger partial charge in [0.1, 0.15) is 5.01 Å². The van der Waals surface area contributed by atoms with Crippen LogP contribution in [0.25, 0.3) is 21.1 Å². The van der Waals surface area contributed by atoms with Gasteiger partial charge in [0, 0.05) is 10.9 Å². The van der Waals surface area contributed by atoms with E-state index in [2.05, 4.69) is 4.98 Å². The first-order chi connectivity index (χ1) is 9.78. The quantitative estimate of drug-likeness (QED) is 0.676. The van der Waals surface area contributed by atoms with Gasteiger partial charge in [-0.25, -0.2) is 9.78 Å². The molecule has 0 aliphatic rings. The van der Waals surface area contributed by atoms with Crippen LogP contribution in [0.3, 0.4) is 0 Å². The van der Waals surface area contributed by atoms with Gasteiger partial charge in [-0.3, -0.25) is 0 Å². The van der Waals surface area contributed by atoms with E-state index in [4.69, 9.17) is 4.74 Å². The molecule has 2 aromatic heterocycles. The topological polar surface area (TPSA) is 39.2 Å². The molecule has 100 valence electrons. The van der Waals surface area contributed by atoms with Gasteiger partial charge in [0.05, 0.1) is 23.2 Å². The van der Waals surface area contributed by atoms with E-state index in [0.717, 1.165) is 21.1 Å². The molecule has 3 aromatic rings. The first-order valence-electron chi connectivity index (χ1n) is 5.96. The Morgan fingerprint density at radius 1 is 1.20 bits per heavy atom. The fourth-order valence-corrected chi connectivity index (χ4v) is 3.42. The molecule has 0 saturated heterocycles. The van der Waals surface area contributed by atoms with Crippen molar-refractivity contribution >= 4 is 28.6 Å². The van der Waals surface area contributed by atoms with E-state index in [-0.39, 0.29) is 5.97 Å². The monoisotopic (exact) mass is 301 g/mol. The Hall–Kier alpha value is -1.98. The smallest absolute Gasteiger partial charge is 0.337 e. The molecule has 5 heteroatoms. The average molecular weight is 301 g/mol. The predicted octanol–water partition coefficient (Wildman–Crippen LogP) is 4.33. The molecule has 2 heterocycles. The third-order valence-corrected chi connectivity index (χ3v) is 4.59. The van der Waals surface area contributed by atoms with Crippen molar-refractivity contribution in [2.45, 2.75) is 0 Å². The molecule has 0 N–H and O–H groups in total. The SMILES string of the molecule is COC(=O)c1cccc(-c2nc(-c3cccs3)cs2)c1. The van der Waals surface area contributed by atoms with Crippen LogP contribution < -0.4 is 0 Å². The van der Waals surface area contributed by atoms with Gasteiger partial charge >= 0.3 is 5.97 Å². The molecule has 0 saturated carbocycles. The summed E-state index contributed by atoms with van der Waals surface area (Å²) in [5.74, 6) is -0.332. The van der Waals surface area contributed by atoms with Crippen molar-refractivity contribution < 1.29 is 9.53 Å². The van der Waals surface area contributed by atoms with Gasteiger partial charge in [-0.2, -0.15) is 0 Å². The van der Waals surface area contributed by atoms with Crippen LogP contribution in [0.4, 0.5) is 0 Å². The van der Waals surface area contributed by atoms with Crippen LogP contribution in [0.5, 0.6) is 0 Å². The lowest BCUT2D eigenvalue weighted by molar-refractivity contribution is 0.0601. The normalized spacial score (nSPS) is 10.4. The van der Waals surface area contributed by atoms with Crippen LogP contribution in [-0.2, 0) is 4.74 Å². The lowest BCUT2D eigenvalue weighted by Gasteiger charge is -2.01. The number of thiophene rings is 1. The summed E-state index contributed by atoms with van der Waals surface area (Å²) in [5.41, 5.74) is 2.45. The predicted molar refractivity (Wildman–Crippen MR) is 82.2 cm³/mol. The van der Waals surface area contributed by atoms with Gasteiger partial charge in [-0.1, -0.05) is 18.2 Å². The second kappa shape index (κ2) is 5.56. The standard InChI is InChI=1S/C15H11NO2S2/c1-18-15(17)11-5-2-4-10(8-11)14-16-12(9-20-14)13-6-3-7-19-13/h2-9H,1H3. The first kappa shape index (κ1) is 13.0. The largest absolute Gasteiger partial charge is 0.465 e. The third-order valence-electron chi connectivity index (χ3n) is 2.81. The second-order valence-electron chi connectivity index (χ2n) is 4.09. The number of hydrogen-bond donors (Lipinski definition) is 0. The van der Waals surface area contributed by atoms with Crippen molar-refractivity contribution in [2.75, 3.05) is 7.11 Å². The lowest BCUT2D eigenvalue weighted by atomic mass is 10.1. The fourth-order valence-electron chi connectivity index (χ4n) is 1.84. The highest BCUT2D eigenvalue weighted by atomic mass is 32.1. The van der Waals surface area contributed by atoms with E-state index in [9.17, 15) is 4.79 Å². The lowest BCUT2D eigenvalue weighted by Crippen LogP contribution is -2.00. The Morgan fingerprint density at radius 2 is 2.10 bits per heavy atom. The van der Waals surface area contributed by atoms with Crippen LogP contribution in [-0.4, -0.2) is 18.1 Å². The summed E-state index contributed by atoms with van der Waals surface area (Å²) in [6.07, 6.45) is 0. The number of carbonyl (C=O) groups is 1. The summed E-state index contributed by atoms with van der Waals surface area (Å²) in [6, 6.07) is 11.4. The van der Waals surface area contributed by atoms with E-state index < -0.39 is 0 Å². The minimum absolute atomic E-state index is 0.332. The molecule has 3 rings (SSSR count). The Morgan fingerprint density at radius 3 is 2.85 bits per heavy atom. The van der Waals surface area contributed by atoms with Crippen LogP contribution in [0.15, 0.2) is 47.2 Å². The number of methoxy groups -OCH3 is 1. The zero-order valence-electron chi connectivity index (χ0n) is 10.7. The highest BCUT2D eigenvalue weighted by Gasteiger charge is 2.10. The van der Waals surface area contributed by atoms with Crippen molar-refractivity contribution in [3.8, 4) is 21.1 Å². The average Bonchev–Trinajstić information content (AvgIpc) is 3.17. The zero-order valence-corrected chi connectivity index (χ0v) is 12.3. The maximum absolute atomic E-state index is 11.6. The molecule has 1 aromatic carbocycles. The zero-order chi connectivity index (χ0) is 13.9. The Balaban J connectivity index is 1.95. The first-order valence-corrected chi connectivity index (χ1v) is 7.72. The molecule has 0 unspecified atom stereocenters. The van der Waals surface area contributed by atoms with E-state index in [1.807, 2.05) is 41.1 Å². The number of hydrogen-bond acceptors (Lipinski definition) is 5. The van der Waals surface area contributed by atoms with Crippen molar-refractivity contribution in [3.63, 3.8) is 0 Å². The van der Waals surface area contributed by atoms with Crippen LogP contribution in [0.1, 0.15) is 10.4 Å². The van der Waals surface area contributed by atoms with Gasteiger partial charge in [0.25, 0.3) is 0 Å². The molecule has 3 nitrogen and oxygen atoms in total. The number of rotatable bonds is 3. The summed E-state index contributed by atoms with van der Waals surface area (Å²) < 4.78 is 4.74. The number of ether oxygens (including phenoxy) is 1. The number of esters is 1. The molecule has 0 fully saturated rings. The molecule has 0 aliphatic carbocycles. The molecule has 20 heavy (non-hydrogen) atoms. The molecule has 0 aliphatic heterocycles. The van der Waals surface area contributed by atoms with Gasteiger partial charge in [-0.05, 0) is 23.6 Å². The highest BCUT2D eigenvalue weighted by Crippen LogP contribution is 2.31. The van der Waals surface area contributed by atoms with Crippen molar-refractivity contribution in [1.29, 1.82) is 0 Å². The maximum Gasteiger partial charge on any atom is 0.337 e. The van der Waals surface area contributed by atoms with Gasteiger partial charge in [0.15, 0.2) is 0 Å². The summed E-state index contributed by atoms with van der Waals surface area (Å²) >= 11 is 3.24. The molecular weight excluding hydrogens is 290 g/mol. The van der Waals surface area contributed by atoms with Crippen molar-refractivity contribution in [1.82, 2.24) is 4.98 Å². The van der Waals surface area contributed by atoms with E-state index >= 15 is 0 Å². The van der Waals surface area contributed by atoms with Crippen LogP contribution in [0.2, 0.25) is 0 Å². The molecular formula is C15H11NO2S2. The molecule has 0 radical (unpaired) electrons. The molecule has 0 bridgehead atoms. The number of thiazole rings is 1. The van der Waals surface area contributed by atoms with E-state index in [1.165, 1.54) is 7.11 Å². The Kier molecular flexibility index (Phi) is 3.62. The van der Waals surface area contributed by atoms with Crippen LogP contribution in [0, 0.1) is 0 Å². The molecule has 0 spiro atoms. The summed E-state index contributed by atoms with van der Waals surface area (Å²) in [4.78, 5) is 17.3. The Labute approximate surface area is 124 Å². The van der Waals surface area contributed by atoms with E-state index in [1.54, 1.807) is 28.7 Å². The molecule has 0 amide bonds. The molecule has 0 atom stereocenters. The maximum atomic E-state index is 11.6. The van der Waals surface area contributed by atoms with Gasteiger partial charge in [0.2, 0.25) is 0 Å².